The lowest BCUT2D eigenvalue weighted by Gasteiger charge is -2.23. The average molecular weight is 211 g/mol. The molecule has 0 N–H and O–H groups in total. The Labute approximate surface area is 92.1 Å². The molecule has 0 amide bonds. The molecule has 0 spiro atoms. The zero-order valence-electron chi connectivity index (χ0n) is 9.95. The molecule has 0 aromatic rings. The smallest absolute Gasteiger partial charge is 0.309 e. The molecule has 1 atom stereocenters. The van der Waals surface area contributed by atoms with E-state index in [1.165, 1.54) is 5.57 Å². The highest BCUT2D eigenvalue weighted by Crippen LogP contribution is 2.25. The van der Waals surface area contributed by atoms with Gasteiger partial charge in [-0.05, 0) is 40.3 Å². The zero-order chi connectivity index (χ0) is 11.3. The van der Waals surface area contributed by atoms with Gasteiger partial charge in [0.15, 0.2) is 0 Å². The van der Waals surface area contributed by atoms with E-state index < -0.39 is 0 Å². The summed E-state index contributed by atoms with van der Waals surface area (Å²) in [5, 5.41) is 0. The summed E-state index contributed by atoms with van der Waals surface area (Å²) in [6.07, 6.45) is 5.08. The fraction of sp³-hybridized carbons (Fsp3) is 0.750. The van der Waals surface area contributed by atoms with Crippen molar-refractivity contribution in [2.75, 3.05) is 27.2 Å². The predicted octanol–water partition coefficient (Wildman–Crippen LogP) is 1.84. The normalized spacial score (nSPS) is 21.3. The number of carbonyl (C=O) groups excluding carboxylic acids is 1. The van der Waals surface area contributed by atoms with Crippen LogP contribution in [0.1, 0.15) is 26.2 Å². The maximum atomic E-state index is 11.6. The quantitative estimate of drug-likeness (QED) is 0.525. The highest BCUT2D eigenvalue weighted by molar-refractivity contribution is 5.73. The molecule has 0 aromatic heterocycles. The molecule has 0 aromatic carbocycles. The summed E-state index contributed by atoms with van der Waals surface area (Å²) in [5.41, 5.74) is 1.37. The molecule has 0 radical (unpaired) electrons. The maximum Gasteiger partial charge on any atom is 0.309 e. The SMILES string of the molecule is CCOC(=O)[C@H]1CCC=C(CN(C)C)C1. The van der Waals surface area contributed by atoms with Crippen LogP contribution in [0.25, 0.3) is 0 Å². The number of hydrogen-bond acceptors (Lipinski definition) is 3. The van der Waals surface area contributed by atoms with Crippen molar-refractivity contribution in [3.05, 3.63) is 11.6 Å². The number of rotatable bonds is 4. The molecule has 0 saturated heterocycles. The molecule has 0 unspecified atom stereocenters. The summed E-state index contributed by atoms with van der Waals surface area (Å²) in [5.74, 6) is 0.0618. The number of nitrogens with zero attached hydrogens (tertiary/aromatic N) is 1. The van der Waals surface area contributed by atoms with Crippen molar-refractivity contribution < 1.29 is 9.53 Å². The molecule has 0 saturated carbocycles. The van der Waals surface area contributed by atoms with Gasteiger partial charge in [0.25, 0.3) is 0 Å². The van der Waals surface area contributed by atoms with Gasteiger partial charge in [-0.15, -0.1) is 0 Å². The zero-order valence-corrected chi connectivity index (χ0v) is 9.95. The second kappa shape index (κ2) is 5.91. The molecular formula is C12H21NO2. The average Bonchev–Trinajstić information content (AvgIpc) is 2.17. The Bertz CT molecular complexity index is 246. The Morgan fingerprint density at radius 3 is 2.93 bits per heavy atom. The molecule has 0 heterocycles. The minimum absolute atomic E-state index is 0.0261. The second-order valence-electron chi connectivity index (χ2n) is 4.33. The first-order valence-electron chi connectivity index (χ1n) is 5.62. The predicted molar refractivity (Wildman–Crippen MR) is 60.6 cm³/mol. The third-order valence-corrected chi connectivity index (χ3v) is 2.60. The van der Waals surface area contributed by atoms with E-state index in [-0.39, 0.29) is 11.9 Å². The van der Waals surface area contributed by atoms with Crippen molar-refractivity contribution in [3.8, 4) is 0 Å². The van der Waals surface area contributed by atoms with Crippen molar-refractivity contribution in [1.82, 2.24) is 4.90 Å². The molecule has 15 heavy (non-hydrogen) atoms. The van der Waals surface area contributed by atoms with E-state index in [1.807, 2.05) is 6.92 Å². The third-order valence-electron chi connectivity index (χ3n) is 2.60. The Morgan fingerprint density at radius 2 is 2.33 bits per heavy atom. The Hall–Kier alpha value is -0.830. The number of carbonyl (C=O) groups is 1. The molecule has 0 aliphatic heterocycles. The van der Waals surface area contributed by atoms with Crippen LogP contribution >= 0.6 is 0 Å². The van der Waals surface area contributed by atoms with Gasteiger partial charge in [0.2, 0.25) is 0 Å². The molecular weight excluding hydrogens is 190 g/mol. The van der Waals surface area contributed by atoms with Crippen molar-refractivity contribution in [1.29, 1.82) is 0 Å². The summed E-state index contributed by atoms with van der Waals surface area (Å²) in [7, 11) is 4.10. The van der Waals surface area contributed by atoms with Crippen molar-refractivity contribution in [2.24, 2.45) is 5.92 Å². The largest absolute Gasteiger partial charge is 0.466 e. The van der Waals surface area contributed by atoms with Crippen LogP contribution in [0.2, 0.25) is 0 Å². The van der Waals surface area contributed by atoms with Gasteiger partial charge in [0.1, 0.15) is 0 Å². The monoisotopic (exact) mass is 211 g/mol. The molecule has 3 nitrogen and oxygen atoms in total. The number of likely N-dealkylation sites (N-methyl/N-ethyl adjacent to an activating group) is 1. The summed E-state index contributed by atoms with van der Waals surface area (Å²) in [6, 6.07) is 0. The van der Waals surface area contributed by atoms with Crippen LogP contribution in [0.3, 0.4) is 0 Å². The van der Waals surface area contributed by atoms with Crippen LogP contribution in [0.4, 0.5) is 0 Å². The first kappa shape index (κ1) is 12.2. The maximum absolute atomic E-state index is 11.6. The van der Waals surface area contributed by atoms with Gasteiger partial charge in [-0.2, -0.15) is 0 Å². The van der Waals surface area contributed by atoms with E-state index in [9.17, 15) is 4.79 Å². The Kier molecular flexibility index (Phi) is 4.82. The summed E-state index contributed by atoms with van der Waals surface area (Å²) in [6.45, 7) is 3.30. The molecule has 1 aliphatic rings. The van der Waals surface area contributed by atoms with Crippen LogP contribution in [-0.4, -0.2) is 38.1 Å². The fourth-order valence-corrected chi connectivity index (χ4v) is 1.99. The summed E-state index contributed by atoms with van der Waals surface area (Å²) >= 11 is 0. The van der Waals surface area contributed by atoms with Crippen LogP contribution in [-0.2, 0) is 9.53 Å². The highest BCUT2D eigenvalue weighted by atomic mass is 16.5. The van der Waals surface area contributed by atoms with Crippen LogP contribution in [0.15, 0.2) is 11.6 Å². The number of hydrogen-bond donors (Lipinski definition) is 0. The van der Waals surface area contributed by atoms with Gasteiger partial charge in [-0.3, -0.25) is 4.79 Å². The lowest BCUT2D eigenvalue weighted by Crippen LogP contribution is -2.24. The van der Waals surface area contributed by atoms with Crippen molar-refractivity contribution in [3.63, 3.8) is 0 Å². The first-order chi connectivity index (χ1) is 7.13. The first-order valence-corrected chi connectivity index (χ1v) is 5.62. The van der Waals surface area contributed by atoms with Gasteiger partial charge in [-0.25, -0.2) is 0 Å². The standard InChI is InChI=1S/C12H21NO2/c1-4-15-12(14)11-7-5-6-10(8-11)9-13(2)3/h6,11H,4-5,7-9H2,1-3H3/t11-/m0/s1. The molecule has 0 bridgehead atoms. The highest BCUT2D eigenvalue weighted by Gasteiger charge is 2.23. The minimum atomic E-state index is -0.0261. The van der Waals surface area contributed by atoms with Gasteiger partial charge in [-0.1, -0.05) is 11.6 Å². The third kappa shape index (κ3) is 4.04. The van der Waals surface area contributed by atoms with E-state index in [0.717, 1.165) is 25.8 Å². The van der Waals surface area contributed by atoms with E-state index >= 15 is 0 Å². The Morgan fingerprint density at radius 1 is 1.60 bits per heavy atom. The fourth-order valence-electron chi connectivity index (χ4n) is 1.99. The van der Waals surface area contributed by atoms with Crippen LogP contribution in [0, 0.1) is 5.92 Å². The minimum Gasteiger partial charge on any atom is -0.466 e. The van der Waals surface area contributed by atoms with E-state index in [0.29, 0.717) is 6.61 Å². The number of allylic oxidation sites excluding steroid dienone is 1. The van der Waals surface area contributed by atoms with E-state index in [4.69, 9.17) is 4.74 Å². The van der Waals surface area contributed by atoms with Crippen LogP contribution in [0.5, 0.6) is 0 Å². The Balaban J connectivity index is 2.46. The van der Waals surface area contributed by atoms with Gasteiger partial charge < -0.3 is 9.64 Å². The van der Waals surface area contributed by atoms with E-state index in [1.54, 1.807) is 0 Å². The van der Waals surface area contributed by atoms with E-state index in [2.05, 4.69) is 25.1 Å². The lowest BCUT2D eigenvalue weighted by molar-refractivity contribution is -0.148. The topological polar surface area (TPSA) is 29.5 Å². The lowest BCUT2D eigenvalue weighted by atomic mass is 9.88. The molecule has 0 fully saturated rings. The van der Waals surface area contributed by atoms with Crippen molar-refractivity contribution in [2.45, 2.75) is 26.2 Å². The van der Waals surface area contributed by atoms with Gasteiger partial charge in [0.05, 0.1) is 12.5 Å². The molecule has 1 rings (SSSR count). The molecule has 1 aliphatic carbocycles. The molecule has 3 heteroatoms. The van der Waals surface area contributed by atoms with Gasteiger partial charge >= 0.3 is 5.97 Å². The number of ether oxygens (including phenoxy) is 1. The summed E-state index contributed by atoms with van der Waals surface area (Å²) in [4.78, 5) is 13.7. The second-order valence-corrected chi connectivity index (χ2v) is 4.33. The van der Waals surface area contributed by atoms with Crippen LogP contribution < -0.4 is 0 Å². The molecule has 86 valence electrons. The van der Waals surface area contributed by atoms with Gasteiger partial charge in [0, 0.05) is 6.54 Å². The van der Waals surface area contributed by atoms with Crippen molar-refractivity contribution >= 4 is 5.97 Å². The number of esters is 1. The summed E-state index contributed by atoms with van der Waals surface area (Å²) < 4.78 is 5.05.